The number of carbonyl (C=O) groups is 2. The number of nitrogens with zero attached hydrogens (tertiary/aromatic N) is 2. The van der Waals surface area contributed by atoms with Gasteiger partial charge in [0.15, 0.2) is 0 Å². The van der Waals surface area contributed by atoms with Crippen molar-refractivity contribution in [3.63, 3.8) is 0 Å². The van der Waals surface area contributed by atoms with E-state index in [4.69, 9.17) is 46.4 Å². The molecule has 0 aromatic heterocycles. The van der Waals surface area contributed by atoms with Crippen molar-refractivity contribution < 1.29 is 18.0 Å². The first-order valence-electron chi connectivity index (χ1n) is 12.4. The first-order valence-corrected chi connectivity index (χ1v) is 15.4. The Morgan fingerprint density at radius 2 is 1.45 bits per heavy atom. The Morgan fingerprint density at radius 3 is 2.00 bits per heavy atom. The number of amides is 2. The van der Waals surface area contributed by atoms with Crippen LogP contribution in [-0.2, 0) is 26.2 Å². The van der Waals surface area contributed by atoms with E-state index in [1.165, 1.54) is 35.2 Å². The van der Waals surface area contributed by atoms with Crippen molar-refractivity contribution in [2.75, 3.05) is 10.8 Å². The fraction of sp³-hybridized carbons (Fsp3) is 0.286. The zero-order valence-electron chi connectivity index (χ0n) is 22.1. The molecule has 0 radical (unpaired) electrons. The first-order chi connectivity index (χ1) is 18.8. The highest BCUT2D eigenvalue weighted by Crippen LogP contribution is 2.31. The van der Waals surface area contributed by atoms with E-state index < -0.39 is 34.4 Å². The van der Waals surface area contributed by atoms with Crippen LogP contribution in [0, 0.1) is 0 Å². The lowest BCUT2D eigenvalue weighted by molar-refractivity contribution is -0.139. The second-order valence-corrected chi connectivity index (χ2v) is 12.7. The number of hydrogen-bond acceptors (Lipinski definition) is 4. The number of hydrogen-bond donors (Lipinski definition) is 1. The molecule has 12 heteroatoms. The number of anilines is 1. The average molecular weight is 645 g/mol. The Bertz CT molecular complexity index is 1430. The molecule has 40 heavy (non-hydrogen) atoms. The van der Waals surface area contributed by atoms with Gasteiger partial charge in [-0.1, -0.05) is 77.6 Å². The Balaban J connectivity index is 2.09. The van der Waals surface area contributed by atoms with Gasteiger partial charge in [0.2, 0.25) is 11.8 Å². The van der Waals surface area contributed by atoms with Crippen LogP contribution in [0.3, 0.4) is 0 Å². The normalized spacial score (nSPS) is 12.9. The minimum atomic E-state index is -4.26. The smallest absolute Gasteiger partial charge is 0.264 e. The van der Waals surface area contributed by atoms with Crippen LogP contribution in [0.2, 0.25) is 20.1 Å². The molecule has 1 N–H and O–H groups in total. The molecular weight excluding hydrogens is 616 g/mol. The summed E-state index contributed by atoms with van der Waals surface area (Å²) in [4.78, 5) is 28.3. The van der Waals surface area contributed by atoms with E-state index in [0.29, 0.717) is 22.0 Å². The quantitative estimate of drug-likeness (QED) is 0.248. The minimum Gasteiger partial charge on any atom is -0.352 e. The molecule has 0 fully saturated rings. The predicted molar refractivity (Wildman–Crippen MR) is 162 cm³/mol. The van der Waals surface area contributed by atoms with Crippen LogP contribution in [0.1, 0.15) is 32.8 Å². The largest absolute Gasteiger partial charge is 0.352 e. The maximum atomic E-state index is 14.0. The second-order valence-electron chi connectivity index (χ2n) is 9.17. The molecule has 3 aromatic carbocycles. The summed E-state index contributed by atoms with van der Waals surface area (Å²) in [5, 5.41) is 3.84. The molecule has 0 bridgehead atoms. The highest BCUT2D eigenvalue weighted by Gasteiger charge is 2.33. The van der Waals surface area contributed by atoms with Crippen molar-refractivity contribution in [3.05, 3.63) is 92.4 Å². The lowest BCUT2D eigenvalue weighted by Gasteiger charge is -2.33. The van der Waals surface area contributed by atoms with Crippen molar-refractivity contribution in [2.24, 2.45) is 0 Å². The Hall–Kier alpha value is -2.49. The summed E-state index contributed by atoms with van der Waals surface area (Å²) in [5.41, 5.74) is 0.507. The third-order valence-corrected chi connectivity index (χ3v) is 9.24. The monoisotopic (exact) mass is 643 g/mol. The molecule has 0 spiro atoms. The predicted octanol–water partition coefficient (Wildman–Crippen LogP) is 6.83. The van der Waals surface area contributed by atoms with Crippen molar-refractivity contribution in [1.29, 1.82) is 0 Å². The highest BCUT2D eigenvalue weighted by molar-refractivity contribution is 7.92. The number of nitrogens with one attached hydrogen (secondary N) is 1. The summed E-state index contributed by atoms with van der Waals surface area (Å²) in [6, 6.07) is 15.7. The molecule has 0 saturated heterocycles. The molecule has 2 atom stereocenters. The molecule has 2 amide bonds. The molecule has 0 aliphatic carbocycles. The lowest BCUT2D eigenvalue weighted by atomic mass is 10.1. The van der Waals surface area contributed by atoms with E-state index in [-0.39, 0.29) is 33.2 Å². The van der Waals surface area contributed by atoms with E-state index in [1.54, 1.807) is 43.3 Å². The van der Waals surface area contributed by atoms with E-state index in [2.05, 4.69) is 5.32 Å². The molecule has 0 unspecified atom stereocenters. The van der Waals surface area contributed by atoms with Gasteiger partial charge in [-0.2, -0.15) is 0 Å². The molecule has 0 aliphatic heterocycles. The van der Waals surface area contributed by atoms with Crippen molar-refractivity contribution >= 4 is 73.9 Å². The summed E-state index contributed by atoms with van der Waals surface area (Å²) in [6.45, 7) is 4.54. The first kappa shape index (κ1) is 32.0. The van der Waals surface area contributed by atoms with Gasteiger partial charge in [-0.15, -0.1) is 0 Å². The van der Waals surface area contributed by atoms with Crippen LogP contribution < -0.4 is 9.62 Å². The molecule has 0 heterocycles. The van der Waals surface area contributed by atoms with Crippen LogP contribution >= 0.6 is 46.4 Å². The molecule has 7 nitrogen and oxygen atoms in total. The Kier molecular flexibility index (Phi) is 11.1. The van der Waals surface area contributed by atoms with Crippen molar-refractivity contribution in [2.45, 2.75) is 50.7 Å². The second kappa shape index (κ2) is 13.9. The van der Waals surface area contributed by atoms with Crippen LogP contribution in [0.15, 0.2) is 71.6 Å². The zero-order chi connectivity index (χ0) is 29.6. The van der Waals surface area contributed by atoms with Crippen molar-refractivity contribution in [3.8, 4) is 0 Å². The summed E-state index contributed by atoms with van der Waals surface area (Å²) in [7, 11) is -4.26. The molecule has 0 saturated carbocycles. The third-order valence-electron chi connectivity index (χ3n) is 6.30. The molecule has 3 rings (SSSR count). The number of sulfonamides is 1. The summed E-state index contributed by atoms with van der Waals surface area (Å²) >= 11 is 25.2. The maximum absolute atomic E-state index is 14.0. The third kappa shape index (κ3) is 7.83. The molecule has 0 aliphatic rings. The molecule has 3 aromatic rings. The standard InChI is InChI=1S/C28H29Cl4N3O4S/c1-4-18(2)33-28(37)19(3)34(16-24-25(31)11-8-12-26(24)32)27(36)17-35(22-14-20(29)13-21(30)15-22)40(38,39)23-9-6-5-7-10-23/h5-15,18-19H,4,16-17H2,1-3H3,(H,33,37)/t18-,19+/m1/s1. The molecular formula is C28H29Cl4N3O4S. The summed E-state index contributed by atoms with van der Waals surface area (Å²) < 4.78 is 28.6. The maximum Gasteiger partial charge on any atom is 0.264 e. The van der Waals surface area contributed by atoms with Crippen LogP contribution in [0.25, 0.3) is 0 Å². The zero-order valence-corrected chi connectivity index (χ0v) is 25.9. The topological polar surface area (TPSA) is 86.8 Å². The van der Waals surface area contributed by atoms with E-state index in [0.717, 1.165) is 4.31 Å². The van der Waals surface area contributed by atoms with Gasteiger partial charge in [0.25, 0.3) is 10.0 Å². The van der Waals surface area contributed by atoms with Gasteiger partial charge in [-0.05, 0) is 62.7 Å². The van der Waals surface area contributed by atoms with E-state index in [1.807, 2.05) is 13.8 Å². The van der Waals surface area contributed by atoms with Gasteiger partial charge < -0.3 is 10.2 Å². The van der Waals surface area contributed by atoms with E-state index in [9.17, 15) is 18.0 Å². The Labute approximate surface area is 255 Å². The van der Waals surface area contributed by atoms with Crippen molar-refractivity contribution in [1.82, 2.24) is 10.2 Å². The number of carbonyl (C=O) groups excluding carboxylic acids is 2. The SMILES string of the molecule is CC[C@@H](C)NC(=O)[C@H](C)N(Cc1c(Cl)cccc1Cl)C(=O)CN(c1cc(Cl)cc(Cl)c1)S(=O)(=O)c1ccccc1. The van der Waals surface area contributed by atoms with E-state index >= 15 is 0 Å². The summed E-state index contributed by atoms with van der Waals surface area (Å²) in [6.07, 6.45) is 0.682. The van der Waals surface area contributed by atoms with Gasteiger partial charge in [-0.3, -0.25) is 13.9 Å². The molecule has 214 valence electrons. The van der Waals surface area contributed by atoms with Gasteiger partial charge >= 0.3 is 0 Å². The van der Waals surface area contributed by atoms with Gasteiger partial charge in [-0.25, -0.2) is 8.42 Å². The highest BCUT2D eigenvalue weighted by atomic mass is 35.5. The van der Waals surface area contributed by atoms with Crippen LogP contribution in [0.4, 0.5) is 5.69 Å². The Morgan fingerprint density at radius 1 is 0.875 bits per heavy atom. The van der Waals surface area contributed by atoms with Gasteiger partial charge in [0.05, 0.1) is 10.6 Å². The fourth-order valence-electron chi connectivity index (χ4n) is 3.83. The van der Waals surface area contributed by atoms with Crippen LogP contribution in [-0.4, -0.2) is 43.8 Å². The van der Waals surface area contributed by atoms with Crippen LogP contribution in [0.5, 0.6) is 0 Å². The van der Waals surface area contributed by atoms with Gasteiger partial charge in [0.1, 0.15) is 12.6 Å². The number of rotatable bonds is 11. The average Bonchev–Trinajstić information content (AvgIpc) is 2.90. The number of benzene rings is 3. The lowest BCUT2D eigenvalue weighted by Crippen LogP contribution is -2.52. The fourth-order valence-corrected chi connectivity index (χ4v) is 6.28. The van der Waals surface area contributed by atoms with Gasteiger partial charge in [0, 0.05) is 38.2 Å². The summed E-state index contributed by atoms with van der Waals surface area (Å²) in [5.74, 6) is -1.08. The minimum absolute atomic E-state index is 0.0397. The number of halogens is 4.